The van der Waals surface area contributed by atoms with Gasteiger partial charge in [-0.1, -0.05) is 0 Å². The van der Waals surface area contributed by atoms with E-state index in [0.717, 1.165) is 6.54 Å². The normalized spacial score (nSPS) is 10.9. The first-order valence-corrected chi connectivity index (χ1v) is 6.19. The minimum atomic E-state index is 1.07. The van der Waals surface area contributed by atoms with E-state index in [1.54, 1.807) is 0 Å². The second kappa shape index (κ2) is 4.53. The molecule has 70 valence electrons. The molecule has 2 heteroatoms. The fourth-order valence-corrected chi connectivity index (χ4v) is 2.59. The van der Waals surface area contributed by atoms with Gasteiger partial charge in [-0.15, -0.1) is 0 Å². The molecular formula is C11H16BiN. The molecular weight excluding hydrogens is 355 g/mol. The van der Waals surface area contributed by atoms with Gasteiger partial charge in [0.05, 0.1) is 0 Å². The van der Waals surface area contributed by atoms with Crippen LogP contribution in [0.5, 0.6) is 0 Å². The van der Waals surface area contributed by atoms with Gasteiger partial charge in [0.15, 0.2) is 0 Å². The molecule has 0 aliphatic carbocycles. The van der Waals surface area contributed by atoms with E-state index in [9.17, 15) is 0 Å². The van der Waals surface area contributed by atoms with Gasteiger partial charge in [0.2, 0.25) is 0 Å². The topological polar surface area (TPSA) is 3.24 Å². The van der Waals surface area contributed by atoms with Gasteiger partial charge in [0, 0.05) is 0 Å². The van der Waals surface area contributed by atoms with Gasteiger partial charge in [-0.3, -0.25) is 0 Å². The Morgan fingerprint density at radius 1 is 1.23 bits per heavy atom. The monoisotopic (exact) mass is 371 g/mol. The first-order chi connectivity index (χ1) is 6.02. The third kappa shape index (κ3) is 2.75. The molecule has 1 rings (SSSR count). The van der Waals surface area contributed by atoms with Crippen molar-refractivity contribution in [3.05, 3.63) is 28.8 Å². The fourth-order valence-electron chi connectivity index (χ4n) is 1.38. The van der Waals surface area contributed by atoms with Crippen molar-refractivity contribution in [3.63, 3.8) is 0 Å². The van der Waals surface area contributed by atoms with Crippen LogP contribution < -0.4 is 3.27 Å². The molecule has 2 radical (unpaired) electrons. The quantitative estimate of drug-likeness (QED) is 0.706. The molecule has 0 atom stereocenters. The minimum absolute atomic E-state index is 1.07. The van der Waals surface area contributed by atoms with Crippen molar-refractivity contribution in [2.45, 2.75) is 20.4 Å². The van der Waals surface area contributed by atoms with Gasteiger partial charge in [-0.25, -0.2) is 0 Å². The average molecular weight is 371 g/mol. The molecule has 1 aromatic carbocycles. The molecule has 1 aromatic rings. The second-order valence-corrected chi connectivity index (χ2v) is 5.62. The molecule has 0 aromatic heterocycles. The number of hydrogen-bond acceptors (Lipinski definition) is 1. The Morgan fingerprint density at radius 3 is 2.38 bits per heavy atom. The first-order valence-electron chi connectivity index (χ1n) is 4.45. The van der Waals surface area contributed by atoms with Crippen LogP contribution in [0.2, 0.25) is 0 Å². The number of nitrogens with zero attached hydrogens (tertiary/aromatic N) is 1. The molecule has 0 fully saturated rings. The predicted octanol–water partition coefficient (Wildman–Crippen LogP) is 1.16. The van der Waals surface area contributed by atoms with Gasteiger partial charge >= 0.3 is 96.2 Å². The fraction of sp³-hybridized carbons (Fsp3) is 0.455. The van der Waals surface area contributed by atoms with Gasteiger partial charge in [-0.2, -0.15) is 0 Å². The van der Waals surface area contributed by atoms with E-state index in [1.807, 2.05) is 0 Å². The van der Waals surface area contributed by atoms with Crippen LogP contribution in [0.25, 0.3) is 0 Å². The molecule has 0 aliphatic rings. The molecule has 0 saturated carbocycles. The maximum atomic E-state index is 2.26. The Kier molecular flexibility index (Phi) is 3.88. The third-order valence-corrected chi connectivity index (χ3v) is 3.95. The second-order valence-electron chi connectivity index (χ2n) is 3.74. The average Bonchev–Trinajstić information content (AvgIpc) is 2.05. The summed E-state index contributed by atoms with van der Waals surface area (Å²) in [6, 6.07) is 4.48. The summed E-state index contributed by atoms with van der Waals surface area (Å²) in [5.41, 5.74) is 4.40. The molecule has 0 amide bonds. The Balaban J connectivity index is 3.10. The van der Waals surface area contributed by atoms with Crippen molar-refractivity contribution in [2.75, 3.05) is 14.1 Å². The zero-order chi connectivity index (χ0) is 10.0. The predicted molar refractivity (Wildman–Crippen MR) is 58.7 cm³/mol. The molecule has 13 heavy (non-hydrogen) atoms. The van der Waals surface area contributed by atoms with E-state index >= 15 is 0 Å². The van der Waals surface area contributed by atoms with Crippen LogP contribution in [0, 0.1) is 13.8 Å². The van der Waals surface area contributed by atoms with E-state index in [2.05, 4.69) is 45.0 Å². The number of benzene rings is 1. The van der Waals surface area contributed by atoms with Crippen molar-refractivity contribution in [1.82, 2.24) is 4.90 Å². The summed E-state index contributed by atoms with van der Waals surface area (Å²) in [5.74, 6) is 0. The first kappa shape index (κ1) is 11.1. The maximum absolute atomic E-state index is 2.26. The Morgan fingerprint density at radius 2 is 1.85 bits per heavy atom. The molecule has 1 nitrogen and oxygen atoms in total. The third-order valence-electron chi connectivity index (χ3n) is 2.32. The Labute approximate surface area is 96.0 Å². The van der Waals surface area contributed by atoms with Gasteiger partial charge < -0.3 is 0 Å². The summed E-state index contributed by atoms with van der Waals surface area (Å²) in [6.07, 6.45) is 0. The van der Waals surface area contributed by atoms with E-state index in [4.69, 9.17) is 0 Å². The van der Waals surface area contributed by atoms with E-state index in [0.29, 0.717) is 0 Å². The van der Waals surface area contributed by atoms with E-state index < -0.39 is 0 Å². The van der Waals surface area contributed by atoms with Crippen molar-refractivity contribution in [3.8, 4) is 0 Å². The molecule has 0 heterocycles. The number of rotatable bonds is 2. The summed E-state index contributed by atoms with van der Waals surface area (Å²) in [4.78, 5) is 2.23. The van der Waals surface area contributed by atoms with E-state index in [-0.39, 0.29) is 0 Å². The van der Waals surface area contributed by atoms with Gasteiger partial charge in [-0.05, 0) is 0 Å². The van der Waals surface area contributed by atoms with E-state index in [1.165, 1.54) is 44.7 Å². The number of hydrogen-bond donors (Lipinski definition) is 0. The van der Waals surface area contributed by atoms with Crippen LogP contribution in [0.3, 0.4) is 0 Å². The van der Waals surface area contributed by atoms with Crippen LogP contribution in [0.1, 0.15) is 16.7 Å². The zero-order valence-electron chi connectivity index (χ0n) is 8.76. The SMILES string of the molecule is Cc1cc[c]([Bi])c(CN(C)C)c1C. The van der Waals surface area contributed by atoms with Crippen molar-refractivity contribution in [2.24, 2.45) is 0 Å². The van der Waals surface area contributed by atoms with Crippen LogP contribution in [0.4, 0.5) is 0 Å². The van der Waals surface area contributed by atoms with Crippen LogP contribution in [-0.2, 0) is 6.54 Å². The van der Waals surface area contributed by atoms with Crippen molar-refractivity contribution >= 4 is 28.0 Å². The van der Waals surface area contributed by atoms with Crippen molar-refractivity contribution in [1.29, 1.82) is 0 Å². The molecule has 0 unspecified atom stereocenters. The zero-order valence-corrected chi connectivity index (χ0v) is 12.2. The van der Waals surface area contributed by atoms with Gasteiger partial charge in [0.25, 0.3) is 0 Å². The summed E-state index contributed by atoms with van der Waals surface area (Å²) in [5, 5.41) is 0. The van der Waals surface area contributed by atoms with Crippen LogP contribution >= 0.6 is 0 Å². The standard InChI is InChI=1S/C11H16N.Bi/c1-9-6-5-7-11(10(9)2)8-12(3)4;/h5-6H,8H2,1-4H3;. The number of aryl methyl sites for hydroxylation is 1. The van der Waals surface area contributed by atoms with Crippen LogP contribution in [0.15, 0.2) is 12.1 Å². The molecule has 0 spiro atoms. The summed E-state index contributed by atoms with van der Waals surface area (Å²) >= 11 is 1.36. The molecule has 0 aliphatic heterocycles. The summed E-state index contributed by atoms with van der Waals surface area (Å²) in [6.45, 7) is 5.48. The summed E-state index contributed by atoms with van der Waals surface area (Å²) < 4.78 is 1.51. The van der Waals surface area contributed by atoms with Crippen molar-refractivity contribution < 1.29 is 0 Å². The molecule has 0 N–H and O–H groups in total. The Bertz CT molecular complexity index is 305. The Hall–Kier alpha value is 0.0631. The summed E-state index contributed by atoms with van der Waals surface area (Å²) in [7, 11) is 4.25. The van der Waals surface area contributed by atoms with Crippen LogP contribution in [-0.4, -0.2) is 43.7 Å². The molecule has 0 saturated heterocycles. The molecule has 0 bridgehead atoms. The van der Waals surface area contributed by atoms with Gasteiger partial charge in [0.1, 0.15) is 0 Å².